The second-order valence-electron chi connectivity index (χ2n) is 6.70. The van der Waals surface area contributed by atoms with Gasteiger partial charge in [0.25, 0.3) is 0 Å². The Morgan fingerprint density at radius 2 is 2.20 bits per heavy atom. The molecule has 128 valence electrons. The smallest absolute Gasteiger partial charge is 0.194 e. The minimum Gasteiger partial charge on any atom is -0.493 e. The highest BCUT2D eigenvalue weighted by molar-refractivity contribution is 5.49. The zero-order chi connectivity index (χ0) is 17.4. The lowest BCUT2D eigenvalue weighted by molar-refractivity contribution is 0.328. The molecule has 0 radical (unpaired) electrons. The number of allylic oxidation sites excluding steroid dienone is 1. The predicted octanol–water partition coefficient (Wildman–Crippen LogP) is 4.14. The molecule has 0 aliphatic carbocycles. The Balaban J connectivity index is 1.64. The zero-order valence-corrected chi connectivity index (χ0v) is 14.5. The predicted molar refractivity (Wildman–Crippen MR) is 95.7 cm³/mol. The van der Waals surface area contributed by atoms with Crippen molar-refractivity contribution in [2.24, 2.45) is 0 Å². The van der Waals surface area contributed by atoms with E-state index in [-0.39, 0.29) is 5.92 Å². The van der Waals surface area contributed by atoms with Crippen LogP contribution in [-0.2, 0) is 13.0 Å². The van der Waals surface area contributed by atoms with Crippen LogP contribution in [0.2, 0.25) is 0 Å². The van der Waals surface area contributed by atoms with E-state index >= 15 is 0 Å². The molecule has 25 heavy (non-hydrogen) atoms. The average Bonchev–Trinajstić information content (AvgIpc) is 3.27. The van der Waals surface area contributed by atoms with Crippen molar-refractivity contribution in [2.45, 2.75) is 32.7 Å². The third-order valence-corrected chi connectivity index (χ3v) is 4.31. The van der Waals surface area contributed by atoms with Gasteiger partial charge in [-0.05, 0) is 31.5 Å². The van der Waals surface area contributed by atoms with E-state index in [1.165, 1.54) is 5.56 Å². The Morgan fingerprint density at radius 1 is 1.36 bits per heavy atom. The van der Waals surface area contributed by atoms with E-state index < -0.39 is 0 Å². The Morgan fingerprint density at radius 3 is 2.96 bits per heavy atom. The number of nitrogens with zero attached hydrogens (tertiary/aromatic N) is 3. The van der Waals surface area contributed by atoms with E-state index in [4.69, 9.17) is 19.2 Å². The molecule has 0 fully saturated rings. The molecule has 1 unspecified atom stereocenters. The molecule has 4 rings (SSSR count). The van der Waals surface area contributed by atoms with Gasteiger partial charge in [0.15, 0.2) is 17.4 Å². The van der Waals surface area contributed by atoms with Crippen molar-refractivity contribution in [3.63, 3.8) is 0 Å². The van der Waals surface area contributed by atoms with Gasteiger partial charge in [0.1, 0.15) is 5.75 Å². The van der Waals surface area contributed by atoms with Gasteiger partial charge in [-0.3, -0.25) is 0 Å². The summed E-state index contributed by atoms with van der Waals surface area (Å²) in [5.74, 6) is 3.54. The number of rotatable bonds is 5. The van der Waals surface area contributed by atoms with Gasteiger partial charge in [-0.1, -0.05) is 30.4 Å². The van der Waals surface area contributed by atoms with Gasteiger partial charge in [-0.2, -0.15) is 5.10 Å². The first-order valence-electron chi connectivity index (χ1n) is 8.45. The third-order valence-electron chi connectivity index (χ3n) is 4.31. The number of aromatic nitrogens is 3. The van der Waals surface area contributed by atoms with E-state index in [0.717, 1.165) is 40.7 Å². The minimum absolute atomic E-state index is 0.281. The van der Waals surface area contributed by atoms with E-state index in [1.807, 2.05) is 42.8 Å². The minimum atomic E-state index is 0.281. The number of fused-ring (bicyclic) bond motifs is 1. The summed E-state index contributed by atoms with van der Waals surface area (Å²) in [7, 11) is 0. The first-order valence-corrected chi connectivity index (χ1v) is 8.45. The van der Waals surface area contributed by atoms with Crippen LogP contribution >= 0.6 is 0 Å². The molecule has 0 spiro atoms. The number of aryl methyl sites for hydroxylation is 1. The summed E-state index contributed by atoms with van der Waals surface area (Å²) in [4.78, 5) is 4.74. The maximum atomic E-state index is 5.78. The fraction of sp³-hybridized carbons (Fsp3) is 0.300. The van der Waals surface area contributed by atoms with Crippen LogP contribution in [0.25, 0.3) is 11.6 Å². The first kappa shape index (κ1) is 15.7. The lowest BCUT2D eigenvalue weighted by Gasteiger charge is -2.05. The molecule has 1 aromatic carbocycles. The molecule has 2 aromatic heterocycles. The van der Waals surface area contributed by atoms with Crippen LogP contribution < -0.4 is 4.74 Å². The van der Waals surface area contributed by atoms with E-state index in [2.05, 4.69) is 12.6 Å². The Kier molecular flexibility index (Phi) is 3.92. The van der Waals surface area contributed by atoms with Crippen molar-refractivity contribution in [2.75, 3.05) is 6.61 Å². The molecule has 0 saturated heterocycles. The molecular weight excluding hydrogens is 314 g/mol. The quantitative estimate of drug-likeness (QED) is 0.658. The molecule has 5 nitrogen and oxygen atoms in total. The van der Waals surface area contributed by atoms with Crippen LogP contribution in [0.5, 0.6) is 5.75 Å². The van der Waals surface area contributed by atoms with Crippen molar-refractivity contribution >= 4 is 0 Å². The fourth-order valence-corrected chi connectivity index (χ4v) is 3.19. The summed E-state index contributed by atoms with van der Waals surface area (Å²) in [6, 6.07) is 10.2. The number of benzene rings is 1. The Bertz CT molecular complexity index is 923. The van der Waals surface area contributed by atoms with Crippen LogP contribution in [0.1, 0.15) is 29.8 Å². The molecule has 3 heterocycles. The van der Waals surface area contributed by atoms with Gasteiger partial charge < -0.3 is 9.15 Å². The molecule has 0 amide bonds. The summed E-state index contributed by atoms with van der Waals surface area (Å²) in [5.41, 5.74) is 3.32. The van der Waals surface area contributed by atoms with Crippen LogP contribution in [0.4, 0.5) is 0 Å². The van der Waals surface area contributed by atoms with Crippen LogP contribution in [0.3, 0.4) is 0 Å². The molecule has 0 bridgehead atoms. The molecule has 5 heteroatoms. The Labute approximate surface area is 147 Å². The van der Waals surface area contributed by atoms with Gasteiger partial charge in [0.05, 0.1) is 19.4 Å². The standard InChI is InChI=1S/C20H21N3O2/c1-13(2)10-23-20(18-8-14(3)11-24-18)21-19(22-23)9-15-12-25-17-7-5-4-6-16(15)17/h4-8,11,15H,1,9-10,12H2,2-3H3. The second kappa shape index (κ2) is 6.24. The molecule has 1 aliphatic heterocycles. The van der Waals surface area contributed by atoms with Crippen molar-refractivity contribution in [1.82, 2.24) is 14.8 Å². The fourth-order valence-electron chi connectivity index (χ4n) is 3.19. The highest BCUT2D eigenvalue weighted by atomic mass is 16.5. The lowest BCUT2D eigenvalue weighted by Crippen LogP contribution is -2.07. The summed E-state index contributed by atoms with van der Waals surface area (Å²) in [6.45, 7) is 9.27. The molecule has 1 aliphatic rings. The van der Waals surface area contributed by atoms with E-state index in [1.54, 1.807) is 6.26 Å². The number of furan rings is 1. The molecule has 3 aromatic rings. The van der Waals surface area contributed by atoms with Gasteiger partial charge in [-0.15, -0.1) is 0 Å². The van der Waals surface area contributed by atoms with Gasteiger partial charge in [-0.25, -0.2) is 9.67 Å². The van der Waals surface area contributed by atoms with Crippen molar-refractivity contribution in [1.29, 1.82) is 0 Å². The second-order valence-corrected chi connectivity index (χ2v) is 6.70. The van der Waals surface area contributed by atoms with Crippen LogP contribution in [0.15, 0.2) is 53.2 Å². The topological polar surface area (TPSA) is 53.1 Å². The monoisotopic (exact) mass is 335 g/mol. The van der Waals surface area contributed by atoms with Gasteiger partial charge in [0, 0.05) is 17.9 Å². The average molecular weight is 335 g/mol. The molecule has 0 N–H and O–H groups in total. The SMILES string of the molecule is C=C(C)Cn1nc(CC2COc3ccccc32)nc1-c1cc(C)co1. The largest absolute Gasteiger partial charge is 0.493 e. The van der Waals surface area contributed by atoms with Gasteiger partial charge >= 0.3 is 0 Å². The van der Waals surface area contributed by atoms with Gasteiger partial charge in [0.2, 0.25) is 0 Å². The van der Waals surface area contributed by atoms with Crippen LogP contribution in [0, 0.1) is 6.92 Å². The maximum Gasteiger partial charge on any atom is 0.194 e. The normalized spacial score (nSPS) is 15.8. The molecular formula is C20H21N3O2. The van der Waals surface area contributed by atoms with Crippen molar-refractivity contribution in [3.8, 4) is 17.3 Å². The van der Waals surface area contributed by atoms with E-state index in [9.17, 15) is 0 Å². The highest BCUT2D eigenvalue weighted by Crippen LogP contribution is 2.35. The first-order chi connectivity index (χ1) is 12.1. The summed E-state index contributed by atoms with van der Waals surface area (Å²) in [6.07, 6.45) is 2.47. The third kappa shape index (κ3) is 3.09. The zero-order valence-electron chi connectivity index (χ0n) is 14.5. The highest BCUT2D eigenvalue weighted by Gasteiger charge is 2.26. The van der Waals surface area contributed by atoms with Crippen molar-refractivity contribution < 1.29 is 9.15 Å². The summed E-state index contributed by atoms with van der Waals surface area (Å²) < 4.78 is 13.3. The van der Waals surface area contributed by atoms with Crippen molar-refractivity contribution in [3.05, 3.63) is 65.7 Å². The summed E-state index contributed by atoms with van der Waals surface area (Å²) >= 11 is 0. The Hall–Kier alpha value is -2.82. The maximum absolute atomic E-state index is 5.78. The molecule has 0 saturated carbocycles. The number of ether oxygens (including phenoxy) is 1. The number of hydrogen-bond donors (Lipinski definition) is 0. The molecule has 1 atom stereocenters. The number of hydrogen-bond acceptors (Lipinski definition) is 4. The van der Waals surface area contributed by atoms with Crippen LogP contribution in [-0.4, -0.2) is 21.4 Å². The lowest BCUT2D eigenvalue weighted by atomic mass is 9.98. The summed E-state index contributed by atoms with van der Waals surface area (Å²) in [5, 5.41) is 4.70. The number of para-hydroxylation sites is 1. The van der Waals surface area contributed by atoms with E-state index in [0.29, 0.717) is 13.2 Å².